The summed E-state index contributed by atoms with van der Waals surface area (Å²) in [6.45, 7) is 9.79. The van der Waals surface area contributed by atoms with Crippen LogP contribution in [0.2, 0.25) is 0 Å². The average Bonchev–Trinajstić information content (AvgIpc) is 3.26. The molecule has 3 aromatic rings. The first-order valence-corrected chi connectivity index (χ1v) is 11.1. The number of piperidine rings is 1. The summed E-state index contributed by atoms with van der Waals surface area (Å²) in [7, 11) is 0. The maximum Gasteiger partial charge on any atom is 0.293 e. The van der Waals surface area contributed by atoms with Crippen molar-refractivity contribution in [3.05, 3.63) is 40.6 Å². The van der Waals surface area contributed by atoms with Crippen molar-refractivity contribution in [2.24, 2.45) is 5.92 Å². The van der Waals surface area contributed by atoms with Crippen LogP contribution in [0, 0.1) is 12.8 Å². The van der Waals surface area contributed by atoms with E-state index in [0.717, 1.165) is 47.9 Å². The predicted octanol–water partition coefficient (Wildman–Crippen LogP) is 5.08. The third-order valence-electron chi connectivity index (χ3n) is 5.32. The fourth-order valence-electron chi connectivity index (χ4n) is 3.92. The van der Waals surface area contributed by atoms with E-state index in [1.54, 1.807) is 0 Å². The number of nitrogens with one attached hydrogen (secondary N) is 1. The van der Waals surface area contributed by atoms with Crippen molar-refractivity contribution in [1.29, 1.82) is 0 Å². The van der Waals surface area contributed by atoms with Gasteiger partial charge in [0.2, 0.25) is 0 Å². The summed E-state index contributed by atoms with van der Waals surface area (Å²) in [5, 5.41) is 6.40. The number of benzene rings is 1. The Labute approximate surface area is 174 Å². The maximum atomic E-state index is 12.8. The molecule has 29 heavy (non-hydrogen) atoms. The van der Waals surface area contributed by atoms with Crippen molar-refractivity contribution < 1.29 is 13.9 Å². The van der Waals surface area contributed by atoms with Gasteiger partial charge < -0.3 is 9.15 Å². The highest BCUT2D eigenvalue weighted by Gasteiger charge is 2.21. The topological polar surface area (TPSA) is 67.6 Å². The molecule has 7 heteroatoms. The van der Waals surface area contributed by atoms with Crippen LogP contribution < -0.4 is 10.1 Å². The summed E-state index contributed by atoms with van der Waals surface area (Å²) < 4.78 is 11.4. The zero-order valence-corrected chi connectivity index (χ0v) is 18.0. The van der Waals surface area contributed by atoms with Crippen molar-refractivity contribution in [2.75, 3.05) is 25.0 Å². The van der Waals surface area contributed by atoms with E-state index in [-0.39, 0.29) is 5.91 Å². The van der Waals surface area contributed by atoms with Crippen LogP contribution in [0.4, 0.5) is 5.13 Å². The number of aryl methyl sites for hydroxylation is 1. The van der Waals surface area contributed by atoms with Gasteiger partial charge >= 0.3 is 0 Å². The number of thiazole rings is 1. The van der Waals surface area contributed by atoms with Crippen molar-refractivity contribution >= 4 is 33.3 Å². The van der Waals surface area contributed by atoms with E-state index in [2.05, 4.69) is 22.1 Å². The average molecular weight is 414 g/mol. The molecule has 1 N–H and O–H groups in total. The Kier molecular flexibility index (Phi) is 5.87. The van der Waals surface area contributed by atoms with Gasteiger partial charge in [-0.15, -0.1) is 11.3 Å². The Balaban J connectivity index is 1.45. The Morgan fingerprint density at radius 2 is 2.31 bits per heavy atom. The summed E-state index contributed by atoms with van der Waals surface area (Å²) >= 11 is 1.45. The van der Waals surface area contributed by atoms with Crippen LogP contribution in [0.1, 0.15) is 48.5 Å². The van der Waals surface area contributed by atoms with Gasteiger partial charge in [0.15, 0.2) is 10.9 Å². The highest BCUT2D eigenvalue weighted by molar-refractivity contribution is 7.13. The molecule has 1 saturated heterocycles. The van der Waals surface area contributed by atoms with Crippen molar-refractivity contribution in [2.45, 2.75) is 40.2 Å². The number of aromatic nitrogens is 1. The number of hydrogen-bond donors (Lipinski definition) is 1. The minimum atomic E-state index is -0.274. The number of furan rings is 1. The smallest absolute Gasteiger partial charge is 0.293 e. The van der Waals surface area contributed by atoms with Gasteiger partial charge in [-0.2, -0.15) is 0 Å². The summed E-state index contributed by atoms with van der Waals surface area (Å²) in [5.74, 6) is 1.55. The van der Waals surface area contributed by atoms with Gasteiger partial charge in [-0.25, -0.2) is 4.98 Å². The van der Waals surface area contributed by atoms with Crippen LogP contribution in [0.25, 0.3) is 11.0 Å². The lowest BCUT2D eigenvalue weighted by Crippen LogP contribution is -2.33. The van der Waals surface area contributed by atoms with Crippen LogP contribution in [0.5, 0.6) is 5.75 Å². The number of carbonyl (C=O) groups is 1. The number of rotatable bonds is 6. The fraction of sp³-hybridized carbons (Fsp3) is 0.455. The number of hydrogen-bond acceptors (Lipinski definition) is 6. The second kappa shape index (κ2) is 8.55. The minimum absolute atomic E-state index is 0.274. The molecule has 1 aliphatic heterocycles. The SMILES string of the molecule is CCOc1ccc2oc(C(=O)Nc3nc(CN4CCCC(C)C4)cs3)c(C)c2c1. The van der Waals surface area contributed by atoms with E-state index in [0.29, 0.717) is 23.1 Å². The van der Waals surface area contributed by atoms with Gasteiger partial charge in [0.1, 0.15) is 11.3 Å². The zero-order chi connectivity index (χ0) is 20.4. The van der Waals surface area contributed by atoms with Crippen LogP contribution in [0.3, 0.4) is 0 Å². The van der Waals surface area contributed by atoms with Crippen LogP contribution in [-0.4, -0.2) is 35.5 Å². The van der Waals surface area contributed by atoms with E-state index < -0.39 is 0 Å². The zero-order valence-electron chi connectivity index (χ0n) is 17.2. The number of anilines is 1. The molecule has 1 atom stereocenters. The van der Waals surface area contributed by atoms with Gasteiger partial charge in [-0.1, -0.05) is 6.92 Å². The molecule has 1 unspecified atom stereocenters. The molecule has 1 aliphatic rings. The molecule has 4 rings (SSSR count). The molecule has 1 fully saturated rings. The molecule has 2 aromatic heterocycles. The molecule has 0 spiro atoms. The van der Waals surface area contributed by atoms with E-state index in [1.165, 1.54) is 24.2 Å². The van der Waals surface area contributed by atoms with Gasteiger partial charge in [0, 0.05) is 29.4 Å². The lowest BCUT2D eigenvalue weighted by atomic mass is 10.0. The van der Waals surface area contributed by atoms with Crippen molar-refractivity contribution in [3.8, 4) is 5.75 Å². The molecule has 0 radical (unpaired) electrons. The Hall–Kier alpha value is -2.38. The lowest BCUT2D eigenvalue weighted by molar-refractivity contribution is 0.0998. The second-order valence-electron chi connectivity index (χ2n) is 7.73. The molecule has 3 heterocycles. The lowest BCUT2D eigenvalue weighted by Gasteiger charge is -2.30. The summed E-state index contributed by atoms with van der Waals surface area (Å²) in [6, 6.07) is 5.60. The Bertz CT molecular complexity index is 1010. The molecular weight excluding hydrogens is 386 g/mol. The standard InChI is InChI=1S/C22H27N3O3S/c1-4-27-17-7-8-19-18(10-17)15(3)20(28-19)21(26)24-22-23-16(13-29-22)12-25-9-5-6-14(2)11-25/h7-8,10,13-14H,4-6,9,11-12H2,1-3H3,(H,23,24,26). The molecule has 154 valence electrons. The predicted molar refractivity (Wildman–Crippen MR) is 116 cm³/mol. The minimum Gasteiger partial charge on any atom is -0.494 e. The van der Waals surface area contributed by atoms with Crippen molar-refractivity contribution in [1.82, 2.24) is 9.88 Å². The third-order valence-corrected chi connectivity index (χ3v) is 6.13. The first kappa shape index (κ1) is 19.9. The number of nitrogens with zero attached hydrogens (tertiary/aromatic N) is 2. The van der Waals surface area contributed by atoms with Crippen molar-refractivity contribution in [3.63, 3.8) is 0 Å². The Morgan fingerprint density at radius 1 is 1.45 bits per heavy atom. The van der Waals surface area contributed by atoms with Gasteiger partial charge in [-0.05, 0) is 57.4 Å². The fourth-order valence-corrected chi connectivity index (χ4v) is 4.62. The van der Waals surface area contributed by atoms with Gasteiger partial charge in [0.25, 0.3) is 5.91 Å². The Morgan fingerprint density at radius 3 is 3.10 bits per heavy atom. The molecule has 1 aromatic carbocycles. The second-order valence-corrected chi connectivity index (χ2v) is 8.59. The summed E-state index contributed by atoms with van der Waals surface area (Å²) in [4.78, 5) is 19.8. The number of carbonyl (C=O) groups excluding carboxylic acids is 1. The number of likely N-dealkylation sites (tertiary alicyclic amines) is 1. The van der Waals surface area contributed by atoms with E-state index in [1.807, 2.05) is 37.4 Å². The molecule has 1 amide bonds. The van der Waals surface area contributed by atoms with Crippen LogP contribution >= 0.6 is 11.3 Å². The number of ether oxygens (including phenoxy) is 1. The van der Waals surface area contributed by atoms with Crippen LogP contribution in [-0.2, 0) is 6.54 Å². The first-order valence-electron chi connectivity index (χ1n) is 10.2. The quantitative estimate of drug-likeness (QED) is 0.610. The van der Waals surface area contributed by atoms with Gasteiger partial charge in [0.05, 0.1) is 12.3 Å². The molecular formula is C22H27N3O3S. The highest BCUT2D eigenvalue weighted by Crippen LogP contribution is 2.30. The monoisotopic (exact) mass is 413 g/mol. The van der Waals surface area contributed by atoms with E-state index >= 15 is 0 Å². The molecule has 0 aliphatic carbocycles. The molecule has 6 nitrogen and oxygen atoms in total. The first-order chi connectivity index (χ1) is 14.0. The summed E-state index contributed by atoms with van der Waals surface area (Å²) in [6.07, 6.45) is 2.54. The third kappa shape index (κ3) is 4.46. The number of amides is 1. The normalized spacial score (nSPS) is 17.6. The van der Waals surface area contributed by atoms with Gasteiger partial charge in [-0.3, -0.25) is 15.0 Å². The molecule has 0 saturated carbocycles. The summed E-state index contributed by atoms with van der Waals surface area (Å²) in [5.41, 5.74) is 2.48. The number of fused-ring (bicyclic) bond motifs is 1. The van der Waals surface area contributed by atoms with E-state index in [9.17, 15) is 4.79 Å². The van der Waals surface area contributed by atoms with E-state index in [4.69, 9.17) is 9.15 Å². The largest absolute Gasteiger partial charge is 0.494 e. The maximum absolute atomic E-state index is 12.8. The highest BCUT2D eigenvalue weighted by atomic mass is 32.1. The molecule has 0 bridgehead atoms. The van der Waals surface area contributed by atoms with Crippen LogP contribution in [0.15, 0.2) is 28.0 Å².